The Balaban J connectivity index is 1.10. The van der Waals surface area contributed by atoms with Crippen LogP contribution in [0.1, 0.15) is 56.9 Å². The third-order valence-electron chi connectivity index (χ3n) is 8.53. The Morgan fingerprint density at radius 3 is 2.47 bits per heavy atom. The summed E-state index contributed by atoms with van der Waals surface area (Å²) in [6, 6.07) is 7.77. The van der Waals surface area contributed by atoms with Gasteiger partial charge in [0.15, 0.2) is 0 Å². The zero-order valence-electron chi connectivity index (χ0n) is 17.6. The predicted molar refractivity (Wildman–Crippen MR) is 113 cm³/mol. The van der Waals surface area contributed by atoms with Crippen molar-refractivity contribution in [3.63, 3.8) is 0 Å². The molecule has 4 bridgehead atoms. The number of carbonyl (C=O) groups excluding carboxylic acids is 2. The summed E-state index contributed by atoms with van der Waals surface area (Å²) in [4.78, 5) is 28.8. The fourth-order valence-corrected chi connectivity index (χ4v) is 7.66. The average Bonchev–Trinajstić information content (AvgIpc) is 3.37. The van der Waals surface area contributed by atoms with Gasteiger partial charge in [-0.3, -0.25) is 9.59 Å². The Bertz CT molecular complexity index is 805. The van der Waals surface area contributed by atoms with Gasteiger partial charge in [0.2, 0.25) is 11.8 Å². The Kier molecular flexibility index (Phi) is 4.36. The van der Waals surface area contributed by atoms with Crippen molar-refractivity contribution in [3.05, 3.63) is 29.8 Å². The van der Waals surface area contributed by atoms with Gasteiger partial charge in [-0.1, -0.05) is 18.2 Å². The van der Waals surface area contributed by atoms with Crippen LogP contribution in [0.4, 0.5) is 0 Å². The third-order valence-corrected chi connectivity index (χ3v) is 8.53. The van der Waals surface area contributed by atoms with Gasteiger partial charge in [-0.05, 0) is 80.8 Å². The molecule has 1 N–H and O–H groups in total. The molecule has 5 fully saturated rings. The molecule has 4 saturated carbocycles. The molecule has 2 amide bonds. The van der Waals surface area contributed by atoms with E-state index in [0.717, 1.165) is 68.6 Å². The third kappa shape index (κ3) is 3.04. The summed E-state index contributed by atoms with van der Waals surface area (Å²) in [5.74, 6) is 3.47. The number of benzene rings is 1. The number of amides is 2. The van der Waals surface area contributed by atoms with Crippen LogP contribution in [-0.2, 0) is 16.0 Å². The molecular weight excluding hydrogens is 376 g/mol. The molecule has 7 rings (SSSR count). The number of fused-ring (bicyclic) bond motifs is 1. The maximum atomic E-state index is 13.7. The first-order valence-corrected chi connectivity index (χ1v) is 11.9. The zero-order chi connectivity index (χ0) is 20.3. The lowest BCUT2D eigenvalue weighted by atomic mass is 9.49. The van der Waals surface area contributed by atoms with Crippen molar-refractivity contribution in [1.29, 1.82) is 0 Å². The summed E-state index contributed by atoms with van der Waals surface area (Å²) in [5.41, 5.74) is 1.05. The minimum Gasteiger partial charge on any atom is -0.488 e. The van der Waals surface area contributed by atoms with Gasteiger partial charge < -0.3 is 15.0 Å². The second-order valence-electron chi connectivity index (χ2n) is 10.7. The van der Waals surface area contributed by atoms with Crippen LogP contribution in [0.15, 0.2) is 24.3 Å². The minimum absolute atomic E-state index is 0.00475. The maximum Gasteiger partial charge on any atom is 0.242 e. The van der Waals surface area contributed by atoms with Crippen LogP contribution in [0, 0.1) is 23.2 Å². The molecule has 4 aliphatic carbocycles. The number of hydrogen-bond donors (Lipinski definition) is 1. The van der Waals surface area contributed by atoms with Gasteiger partial charge in [-0.25, -0.2) is 0 Å². The second kappa shape index (κ2) is 7.00. The number of hydrogen-bond acceptors (Lipinski definition) is 3. The first-order chi connectivity index (χ1) is 14.6. The van der Waals surface area contributed by atoms with Crippen molar-refractivity contribution in [3.8, 4) is 5.75 Å². The molecule has 1 aromatic carbocycles. The smallest absolute Gasteiger partial charge is 0.242 e. The fourth-order valence-electron chi connectivity index (χ4n) is 7.66. The van der Waals surface area contributed by atoms with Crippen LogP contribution in [0.3, 0.4) is 0 Å². The Labute approximate surface area is 178 Å². The summed E-state index contributed by atoms with van der Waals surface area (Å²) in [7, 11) is 0. The predicted octanol–water partition coefficient (Wildman–Crippen LogP) is 3.31. The highest BCUT2D eigenvalue weighted by atomic mass is 16.5. The molecule has 160 valence electrons. The molecule has 0 aromatic heterocycles. The van der Waals surface area contributed by atoms with Crippen LogP contribution >= 0.6 is 0 Å². The van der Waals surface area contributed by atoms with Crippen LogP contribution in [0.5, 0.6) is 5.75 Å². The Morgan fingerprint density at radius 2 is 1.77 bits per heavy atom. The van der Waals surface area contributed by atoms with Gasteiger partial charge in [0.05, 0.1) is 12.0 Å². The Morgan fingerprint density at radius 1 is 1.07 bits per heavy atom. The second-order valence-corrected chi connectivity index (χ2v) is 10.7. The van der Waals surface area contributed by atoms with E-state index in [1.165, 1.54) is 24.8 Å². The van der Waals surface area contributed by atoms with Gasteiger partial charge in [0, 0.05) is 13.0 Å². The molecular formula is C25H32N2O3. The molecule has 0 spiro atoms. The standard InChI is InChI=1S/C25H32N2O3/c28-23(26-15-20-11-19-4-1-2-6-22(19)30-20)21-5-3-7-27(21)24(29)25-12-16-8-17(13-25)10-18(9-16)14-25/h1-2,4,6,16-18,20-21H,3,5,7-15H2,(H,26,28). The monoisotopic (exact) mass is 408 g/mol. The number of carbonyl (C=O) groups is 2. The van der Waals surface area contributed by atoms with E-state index in [1.54, 1.807) is 0 Å². The van der Waals surface area contributed by atoms with Gasteiger partial charge in [-0.2, -0.15) is 0 Å². The van der Waals surface area contributed by atoms with E-state index in [1.807, 2.05) is 23.1 Å². The molecule has 0 radical (unpaired) electrons. The largest absolute Gasteiger partial charge is 0.488 e. The average molecular weight is 409 g/mol. The van der Waals surface area contributed by atoms with Crippen LogP contribution in [-0.4, -0.2) is 41.9 Å². The SMILES string of the molecule is O=C(NCC1Cc2ccccc2O1)C1CCCN1C(=O)C12CC3CC(CC(C3)C1)C2. The number of nitrogens with one attached hydrogen (secondary N) is 1. The molecule has 5 heteroatoms. The van der Waals surface area contributed by atoms with Crippen molar-refractivity contribution in [1.82, 2.24) is 10.2 Å². The van der Waals surface area contributed by atoms with E-state index < -0.39 is 0 Å². The quantitative estimate of drug-likeness (QED) is 0.832. The van der Waals surface area contributed by atoms with Gasteiger partial charge in [0.25, 0.3) is 0 Å². The molecule has 5 nitrogen and oxygen atoms in total. The van der Waals surface area contributed by atoms with E-state index in [0.29, 0.717) is 12.5 Å². The number of ether oxygens (including phenoxy) is 1. The van der Waals surface area contributed by atoms with Crippen molar-refractivity contribution >= 4 is 11.8 Å². The molecule has 2 heterocycles. The normalized spacial score (nSPS) is 38.4. The number of para-hydroxylation sites is 1. The highest BCUT2D eigenvalue weighted by Crippen LogP contribution is 2.60. The summed E-state index contributed by atoms with van der Waals surface area (Å²) in [5, 5.41) is 3.10. The topological polar surface area (TPSA) is 58.6 Å². The van der Waals surface area contributed by atoms with E-state index in [9.17, 15) is 9.59 Å². The molecule has 1 saturated heterocycles. The van der Waals surface area contributed by atoms with Gasteiger partial charge >= 0.3 is 0 Å². The first kappa shape index (κ1) is 18.7. The maximum absolute atomic E-state index is 13.7. The highest BCUT2D eigenvalue weighted by Gasteiger charge is 2.56. The van der Waals surface area contributed by atoms with Crippen molar-refractivity contribution in [2.24, 2.45) is 23.2 Å². The lowest BCUT2D eigenvalue weighted by Crippen LogP contribution is -2.57. The minimum atomic E-state index is -0.297. The van der Waals surface area contributed by atoms with Gasteiger partial charge in [0.1, 0.15) is 17.9 Å². The van der Waals surface area contributed by atoms with Gasteiger partial charge in [-0.15, -0.1) is 0 Å². The highest BCUT2D eigenvalue weighted by molar-refractivity contribution is 5.91. The molecule has 6 aliphatic rings. The molecule has 1 aromatic rings. The van der Waals surface area contributed by atoms with Crippen LogP contribution < -0.4 is 10.1 Å². The van der Waals surface area contributed by atoms with E-state index >= 15 is 0 Å². The van der Waals surface area contributed by atoms with E-state index in [4.69, 9.17) is 4.74 Å². The molecule has 2 aliphatic heterocycles. The van der Waals surface area contributed by atoms with Crippen molar-refractivity contribution in [2.75, 3.05) is 13.1 Å². The summed E-state index contributed by atoms with van der Waals surface area (Å²) >= 11 is 0. The molecule has 2 atom stereocenters. The van der Waals surface area contributed by atoms with Crippen LogP contribution in [0.2, 0.25) is 0 Å². The lowest BCUT2D eigenvalue weighted by Gasteiger charge is -2.56. The fraction of sp³-hybridized carbons (Fsp3) is 0.680. The van der Waals surface area contributed by atoms with Crippen molar-refractivity contribution < 1.29 is 14.3 Å². The number of likely N-dealkylation sites (tertiary alicyclic amines) is 1. The van der Waals surface area contributed by atoms with E-state index in [-0.39, 0.29) is 23.5 Å². The molecule has 2 unspecified atom stereocenters. The Hall–Kier alpha value is -2.04. The van der Waals surface area contributed by atoms with Crippen molar-refractivity contribution in [2.45, 2.75) is 69.9 Å². The van der Waals surface area contributed by atoms with Crippen LogP contribution in [0.25, 0.3) is 0 Å². The summed E-state index contributed by atoms with van der Waals surface area (Å²) in [6.45, 7) is 1.24. The number of nitrogens with zero attached hydrogens (tertiary/aromatic N) is 1. The lowest BCUT2D eigenvalue weighted by molar-refractivity contribution is -0.160. The molecule has 30 heavy (non-hydrogen) atoms. The first-order valence-electron chi connectivity index (χ1n) is 11.9. The number of rotatable bonds is 4. The zero-order valence-corrected chi connectivity index (χ0v) is 17.6. The summed E-state index contributed by atoms with van der Waals surface area (Å²) in [6.07, 6.45) is 9.74. The summed E-state index contributed by atoms with van der Waals surface area (Å²) < 4.78 is 5.96. The van der Waals surface area contributed by atoms with E-state index in [2.05, 4.69) is 11.4 Å².